The highest BCUT2D eigenvalue weighted by atomic mass is 19.1. The number of hydrogen-bond donors (Lipinski definition) is 0. The van der Waals surface area contributed by atoms with Crippen LogP contribution in [0.4, 0.5) is 4.39 Å². The molecular weight excluding hydrogens is 209 g/mol. The fraction of sp³-hybridized carbons (Fsp3) is 0.750. The SMILES string of the molecule is O=C([C@@H]1CC=CCC1)N1CCO[C@@H](CF)C1. The average molecular weight is 227 g/mol. The van der Waals surface area contributed by atoms with Gasteiger partial charge in [-0.3, -0.25) is 4.79 Å². The minimum atomic E-state index is -0.506. The van der Waals surface area contributed by atoms with Gasteiger partial charge in [0.1, 0.15) is 12.8 Å². The van der Waals surface area contributed by atoms with Crippen molar-refractivity contribution < 1.29 is 13.9 Å². The van der Waals surface area contributed by atoms with Gasteiger partial charge in [0.2, 0.25) is 5.91 Å². The summed E-state index contributed by atoms with van der Waals surface area (Å²) in [5.41, 5.74) is 0. The lowest BCUT2D eigenvalue weighted by atomic mass is 9.93. The van der Waals surface area contributed by atoms with Crippen LogP contribution in [0.3, 0.4) is 0 Å². The van der Waals surface area contributed by atoms with Crippen LogP contribution in [0.25, 0.3) is 0 Å². The Hall–Kier alpha value is -0.900. The van der Waals surface area contributed by atoms with Gasteiger partial charge in [0.25, 0.3) is 0 Å². The van der Waals surface area contributed by atoms with Crippen molar-refractivity contribution in [3.8, 4) is 0 Å². The Morgan fingerprint density at radius 3 is 3.06 bits per heavy atom. The summed E-state index contributed by atoms with van der Waals surface area (Å²) in [6, 6.07) is 0. The van der Waals surface area contributed by atoms with Crippen LogP contribution in [-0.2, 0) is 9.53 Å². The number of halogens is 1. The van der Waals surface area contributed by atoms with Gasteiger partial charge in [-0.05, 0) is 19.3 Å². The number of allylic oxidation sites excluding steroid dienone is 2. The number of carbonyl (C=O) groups is 1. The van der Waals surface area contributed by atoms with E-state index in [0.29, 0.717) is 19.7 Å². The molecule has 0 saturated carbocycles. The number of amides is 1. The first-order chi connectivity index (χ1) is 7.81. The van der Waals surface area contributed by atoms with E-state index < -0.39 is 12.8 Å². The molecule has 1 aliphatic heterocycles. The zero-order chi connectivity index (χ0) is 11.4. The first-order valence-corrected chi connectivity index (χ1v) is 5.92. The van der Waals surface area contributed by atoms with Crippen LogP contribution in [0.5, 0.6) is 0 Å². The molecule has 0 bridgehead atoms. The topological polar surface area (TPSA) is 29.5 Å². The van der Waals surface area contributed by atoms with E-state index in [1.165, 1.54) is 0 Å². The van der Waals surface area contributed by atoms with Gasteiger partial charge in [0, 0.05) is 19.0 Å². The van der Waals surface area contributed by atoms with E-state index in [0.717, 1.165) is 19.3 Å². The second kappa shape index (κ2) is 5.43. The van der Waals surface area contributed by atoms with Crippen LogP contribution < -0.4 is 0 Å². The fourth-order valence-corrected chi connectivity index (χ4v) is 2.29. The van der Waals surface area contributed by atoms with Crippen molar-refractivity contribution in [2.75, 3.05) is 26.4 Å². The van der Waals surface area contributed by atoms with Crippen LogP contribution in [-0.4, -0.2) is 43.3 Å². The number of carbonyl (C=O) groups excluding carboxylic acids is 1. The van der Waals surface area contributed by atoms with E-state index in [1.807, 2.05) is 0 Å². The zero-order valence-corrected chi connectivity index (χ0v) is 9.40. The van der Waals surface area contributed by atoms with Gasteiger partial charge < -0.3 is 9.64 Å². The number of hydrogen-bond acceptors (Lipinski definition) is 2. The molecule has 0 radical (unpaired) electrons. The van der Waals surface area contributed by atoms with Crippen molar-refractivity contribution in [3.05, 3.63) is 12.2 Å². The largest absolute Gasteiger partial charge is 0.372 e. The number of nitrogens with zero attached hydrogens (tertiary/aromatic N) is 1. The molecule has 0 spiro atoms. The molecule has 2 aliphatic rings. The van der Waals surface area contributed by atoms with Gasteiger partial charge in [-0.1, -0.05) is 12.2 Å². The molecule has 0 aromatic heterocycles. The highest BCUT2D eigenvalue weighted by Crippen LogP contribution is 2.21. The standard InChI is InChI=1S/C12H18FNO2/c13-8-11-9-14(6-7-16-11)12(15)10-4-2-1-3-5-10/h1-2,10-11H,3-9H2/t10-,11+/m1/s1. The Kier molecular flexibility index (Phi) is 3.93. The van der Waals surface area contributed by atoms with Crippen LogP contribution in [0.1, 0.15) is 19.3 Å². The quantitative estimate of drug-likeness (QED) is 0.670. The molecule has 0 aromatic carbocycles. The molecule has 0 aromatic rings. The first kappa shape index (κ1) is 11.6. The summed E-state index contributed by atoms with van der Waals surface area (Å²) in [5.74, 6) is 0.273. The van der Waals surface area contributed by atoms with E-state index in [2.05, 4.69) is 12.2 Å². The molecule has 16 heavy (non-hydrogen) atoms. The maximum Gasteiger partial charge on any atom is 0.226 e. The fourth-order valence-electron chi connectivity index (χ4n) is 2.29. The third-order valence-electron chi connectivity index (χ3n) is 3.24. The van der Waals surface area contributed by atoms with Crippen LogP contribution in [0.2, 0.25) is 0 Å². The average Bonchev–Trinajstić information content (AvgIpc) is 2.39. The summed E-state index contributed by atoms with van der Waals surface area (Å²) >= 11 is 0. The summed E-state index contributed by atoms with van der Waals surface area (Å²) < 4.78 is 17.7. The maximum atomic E-state index is 12.5. The number of morpholine rings is 1. The Bertz CT molecular complexity index is 280. The van der Waals surface area contributed by atoms with Gasteiger partial charge in [0.05, 0.1) is 6.61 Å². The molecule has 1 saturated heterocycles. The van der Waals surface area contributed by atoms with Gasteiger partial charge in [0.15, 0.2) is 0 Å². The Morgan fingerprint density at radius 2 is 2.38 bits per heavy atom. The molecule has 90 valence electrons. The normalized spacial score (nSPS) is 30.4. The Labute approximate surface area is 95.3 Å². The number of alkyl halides is 1. The predicted octanol–water partition coefficient (Wildman–Crippen LogP) is 1.54. The molecule has 0 unspecified atom stereocenters. The second-order valence-electron chi connectivity index (χ2n) is 4.41. The molecule has 1 fully saturated rings. The summed E-state index contributed by atoms with van der Waals surface area (Å²) in [6.07, 6.45) is 6.50. The lowest BCUT2D eigenvalue weighted by Gasteiger charge is -2.34. The number of rotatable bonds is 2. The molecule has 1 aliphatic carbocycles. The molecule has 3 nitrogen and oxygen atoms in total. The lowest BCUT2D eigenvalue weighted by molar-refractivity contribution is -0.143. The van der Waals surface area contributed by atoms with Crippen LogP contribution in [0.15, 0.2) is 12.2 Å². The van der Waals surface area contributed by atoms with E-state index in [4.69, 9.17) is 4.74 Å². The summed E-state index contributed by atoms with van der Waals surface area (Å²) in [5, 5.41) is 0. The molecule has 4 heteroatoms. The zero-order valence-electron chi connectivity index (χ0n) is 9.40. The predicted molar refractivity (Wildman–Crippen MR) is 58.8 cm³/mol. The first-order valence-electron chi connectivity index (χ1n) is 5.92. The van der Waals surface area contributed by atoms with Crippen molar-refractivity contribution in [2.24, 2.45) is 5.92 Å². The van der Waals surface area contributed by atoms with Crippen LogP contribution in [0, 0.1) is 5.92 Å². The van der Waals surface area contributed by atoms with Gasteiger partial charge >= 0.3 is 0 Å². The maximum absolute atomic E-state index is 12.5. The monoisotopic (exact) mass is 227 g/mol. The molecular formula is C12H18FNO2. The van der Waals surface area contributed by atoms with Gasteiger partial charge in [-0.2, -0.15) is 0 Å². The van der Waals surface area contributed by atoms with Crippen molar-refractivity contribution in [1.82, 2.24) is 4.90 Å². The Balaban J connectivity index is 1.90. The molecule has 1 heterocycles. The summed E-state index contributed by atoms with van der Waals surface area (Å²) in [6.45, 7) is 0.975. The van der Waals surface area contributed by atoms with E-state index in [-0.39, 0.29) is 11.8 Å². The molecule has 0 N–H and O–H groups in total. The van der Waals surface area contributed by atoms with Crippen molar-refractivity contribution in [1.29, 1.82) is 0 Å². The summed E-state index contributed by atoms with van der Waals surface area (Å²) in [7, 11) is 0. The highest BCUT2D eigenvalue weighted by molar-refractivity contribution is 5.79. The Morgan fingerprint density at radius 1 is 1.50 bits per heavy atom. The van der Waals surface area contributed by atoms with Crippen molar-refractivity contribution >= 4 is 5.91 Å². The lowest BCUT2D eigenvalue weighted by Crippen LogP contribution is -2.48. The van der Waals surface area contributed by atoms with E-state index in [9.17, 15) is 9.18 Å². The highest BCUT2D eigenvalue weighted by Gasteiger charge is 2.29. The van der Waals surface area contributed by atoms with Gasteiger partial charge in [-0.25, -0.2) is 4.39 Å². The smallest absolute Gasteiger partial charge is 0.226 e. The van der Waals surface area contributed by atoms with Crippen LogP contribution >= 0.6 is 0 Å². The van der Waals surface area contributed by atoms with E-state index in [1.54, 1.807) is 4.90 Å². The minimum Gasteiger partial charge on any atom is -0.372 e. The minimum absolute atomic E-state index is 0.100. The molecule has 2 atom stereocenters. The van der Waals surface area contributed by atoms with Gasteiger partial charge in [-0.15, -0.1) is 0 Å². The second-order valence-corrected chi connectivity index (χ2v) is 4.41. The van der Waals surface area contributed by atoms with Crippen molar-refractivity contribution in [2.45, 2.75) is 25.4 Å². The summed E-state index contributed by atoms with van der Waals surface area (Å²) in [4.78, 5) is 13.9. The number of ether oxygens (including phenoxy) is 1. The van der Waals surface area contributed by atoms with E-state index >= 15 is 0 Å². The third-order valence-corrected chi connectivity index (χ3v) is 3.24. The molecule has 2 rings (SSSR count). The van der Waals surface area contributed by atoms with Crippen molar-refractivity contribution in [3.63, 3.8) is 0 Å². The third kappa shape index (κ3) is 2.61. The molecule has 1 amide bonds.